The summed E-state index contributed by atoms with van der Waals surface area (Å²) in [7, 11) is 2.09. The van der Waals surface area contributed by atoms with E-state index >= 15 is 4.39 Å². The zero-order valence-corrected chi connectivity index (χ0v) is 26.3. The van der Waals surface area contributed by atoms with Crippen molar-refractivity contribution in [3.05, 3.63) is 72.1 Å². The van der Waals surface area contributed by atoms with Gasteiger partial charge in [0.1, 0.15) is 17.1 Å². The Morgan fingerprint density at radius 1 is 1.15 bits per heavy atom. The Hall–Kier alpha value is -4.88. The predicted octanol–water partition coefficient (Wildman–Crippen LogP) is 6.33. The van der Waals surface area contributed by atoms with E-state index in [-0.39, 0.29) is 35.5 Å². The van der Waals surface area contributed by atoms with Gasteiger partial charge in [-0.15, -0.1) is 5.10 Å². The lowest BCUT2D eigenvalue weighted by Crippen LogP contribution is -2.38. The van der Waals surface area contributed by atoms with Gasteiger partial charge in [-0.1, -0.05) is 42.1 Å². The number of carbonyl (C=O) groups excluding carboxylic acids is 1. The lowest BCUT2D eigenvalue weighted by Gasteiger charge is -2.31. The molecule has 2 fully saturated rings. The average molecular weight is 618 g/mol. The maximum atomic E-state index is 17.1. The van der Waals surface area contributed by atoms with Crippen LogP contribution in [-0.4, -0.2) is 74.5 Å². The van der Waals surface area contributed by atoms with Crippen LogP contribution in [0.25, 0.3) is 43.8 Å². The van der Waals surface area contributed by atoms with Gasteiger partial charge in [0.2, 0.25) is 11.8 Å². The smallest absolute Gasteiger partial charge is 0.245 e. The maximum absolute atomic E-state index is 17.1. The average Bonchev–Trinajstić information content (AvgIpc) is 3.72. The number of hydrogen-bond donors (Lipinski definition) is 0. The number of aryl methyl sites for hydroxylation is 1. The first-order chi connectivity index (χ1) is 22.3. The van der Waals surface area contributed by atoms with Crippen LogP contribution in [0.3, 0.4) is 0 Å². The van der Waals surface area contributed by atoms with E-state index < -0.39 is 5.82 Å². The molecule has 3 aromatic carbocycles. The molecule has 10 heteroatoms. The number of nitrogens with zero attached hydrogens (tertiary/aromatic N) is 7. The normalized spacial score (nSPS) is 18.3. The number of benzene rings is 3. The lowest BCUT2D eigenvalue weighted by atomic mass is 9.91. The molecule has 4 heterocycles. The number of carbonyl (C=O) groups is 1. The number of fused-ring (bicyclic) bond motifs is 4. The van der Waals surface area contributed by atoms with E-state index in [0.29, 0.717) is 70.0 Å². The molecule has 2 aliphatic rings. The van der Waals surface area contributed by atoms with E-state index in [1.54, 1.807) is 11.0 Å². The topological polar surface area (TPSA) is 100 Å². The molecule has 46 heavy (non-hydrogen) atoms. The Bertz CT molecular complexity index is 2050. The molecule has 9 nitrogen and oxygen atoms in total. The summed E-state index contributed by atoms with van der Waals surface area (Å²) in [6, 6.07) is 15.6. The molecular formula is C36H36FN7O2. The number of piperidine rings is 1. The second kappa shape index (κ2) is 11.8. The SMILES string of the molecule is C=CC(=O)N1CCC(n2nnc3c(O[C@@H](C)C4CCCN4C)nc4c(F)c(-c5cccc6cccc(C#N)c56)c(C)cc4c32)CC1. The molecule has 2 aliphatic heterocycles. The summed E-state index contributed by atoms with van der Waals surface area (Å²) in [4.78, 5) is 21.2. The number of hydrogen-bond acceptors (Lipinski definition) is 7. The molecule has 1 amide bonds. The summed E-state index contributed by atoms with van der Waals surface area (Å²) in [6.07, 6.45) is 4.58. The van der Waals surface area contributed by atoms with Gasteiger partial charge < -0.3 is 9.64 Å². The van der Waals surface area contributed by atoms with E-state index in [1.807, 2.05) is 54.9 Å². The number of amides is 1. The van der Waals surface area contributed by atoms with E-state index in [4.69, 9.17) is 9.72 Å². The van der Waals surface area contributed by atoms with Gasteiger partial charge in [-0.05, 0) is 87.8 Å². The summed E-state index contributed by atoms with van der Waals surface area (Å²) >= 11 is 0. The first kappa shape index (κ1) is 29.8. The van der Waals surface area contributed by atoms with Crippen LogP contribution >= 0.6 is 0 Å². The largest absolute Gasteiger partial charge is 0.471 e. The van der Waals surface area contributed by atoms with Crippen molar-refractivity contribution in [3.63, 3.8) is 0 Å². The summed E-state index contributed by atoms with van der Waals surface area (Å²) in [5, 5.41) is 21.3. The fraction of sp³-hybridized carbons (Fsp3) is 0.361. The molecule has 0 aliphatic carbocycles. The van der Waals surface area contributed by atoms with Gasteiger partial charge in [-0.3, -0.25) is 9.69 Å². The van der Waals surface area contributed by atoms with Crippen molar-refractivity contribution in [1.82, 2.24) is 29.8 Å². The van der Waals surface area contributed by atoms with Crippen LogP contribution in [0.4, 0.5) is 4.39 Å². The molecule has 2 saturated heterocycles. The van der Waals surface area contributed by atoms with Crippen molar-refractivity contribution in [2.75, 3.05) is 26.7 Å². The van der Waals surface area contributed by atoms with Crippen LogP contribution < -0.4 is 4.74 Å². The highest BCUT2D eigenvalue weighted by Crippen LogP contribution is 2.41. The van der Waals surface area contributed by atoms with Crippen LogP contribution in [0.1, 0.15) is 49.8 Å². The number of likely N-dealkylation sites (tertiary alicyclic amines) is 2. The highest BCUT2D eigenvalue weighted by Gasteiger charge is 2.32. The third kappa shape index (κ3) is 4.86. The monoisotopic (exact) mass is 617 g/mol. The van der Waals surface area contributed by atoms with Gasteiger partial charge in [0.05, 0.1) is 17.7 Å². The number of nitriles is 1. The Labute approximate surface area is 266 Å². The van der Waals surface area contributed by atoms with Crippen molar-refractivity contribution < 1.29 is 13.9 Å². The third-order valence-corrected chi connectivity index (χ3v) is 9.81. The molecule has 5 aromatic rings. The molecular weight excluding hydrogens is 581 g/mol. The minimum atomic E-state index is -0.480. The minimum absolute atomic E-state index is 0.0463. The van der Waals surface area contributed by atoms with Gasteiger partial charge in [0.25, 0.3) is 0 Å². The van der Waals surface area contributed by atoms with Crippen LogP contribution in [0, 0.1) is 24.1 Å². The second-order valence-electron chi connectivity index (χ2n) is 12.5. The number of halogens is 1. The van der Waals surface area contributed by atoms with Crippen LogP contribution in [0.2, 0.25) is 0 Å². The molecule has 0 spiro atoms. The first-order valence-corrected chi connectivity index (χ1v) is 15.9. The Morgan fingerprint density at radius 3 is 2.61 bits per heavy atom. The molecule has 234 valence electrons. The summed E-state index contributed by atoms with van der Waals surface area (Å²) in [5.74, 6) is -0.312. The van der Waals surface area contributed by atoms with Gasteiger partial charge in [-0.25, -0.2) is 14.1 Å². The quantitative estimate of drug-likeness (QED) is 0.205. The van der Waals surface area contributed by atoms with Gasteiger partial charge >= 0.3 is 0 Å². The number of aromatic nitrogens is 4. The van der Waals surface area contributed by atoms with Crippen molar-refractivity contribution in [2.24, 2.45) is 0 Å². The summed E-state index contributed by atoms with van der Waals surface area (Å²) in [5.41, 5.74) is 3.57. The highest BCUT2D eigenvalue weighted by molar-refractivity contribution is 6.08. The van der Waals surface area contributed by atoms with E-state index in [1.165, 1.54) is 6.08 Å². The molecule has 1 unspecified atom stereocenters. The minimum Gasteiger partial charge on any atom is -0.471 e. The van der Waals surface area contributed by atoms with E-state index in [0.717, 1.165) is 24.8 Å². The molecule has 0 bridgehead atoms. The molecule has 7 rings (SSSR count). The van der Waals surface area contributed by atoms with Gasteiger partial charge in [-0.2, -0.15) is 5.26 Å². The Balaban J connectivity index is 1.43. The second-order valence-corrected chi connectivity index (χ2v) is 12.5. The zero-order chi connectivity index (χ0) is 32.1. The Kier molecular flexibility index (Phi) is 7.65. The van der Waals surface area contributed by atoms with Gasteiger partial charge in [0, 0.05) is 35.5 Å². The number of pyridine rings is 1. The number of rotatable bonds is 6. The number of likely N-dealkylation sites (N-methyl/N-ethyl adjacent to an activating group) is 1. The van der Waals surface area contributed by atoms with Crippen molar-refractivity contribution in [1.29, 1.82) is 5.26 Å². The van der Waals surface area contributed by atoms with E-state index in [2.05, 4.69) is 34.9 Å². The van der Waals surface area contributed by atoms with Crippen LogP contribution in [0.15, 0.2) is 55.1 Å². The Morgan fingerprint density at radius 2 is 1.91 bits per heavy atom. The third-order valence-electron chi connectivity index (χ3n) is 9.81. The molecule has 0 radical (unpaired) electrons. The number of ether oxygens (including phenoxy) is 1. The van der Waals surface area contributed by atoms with Crippen LogP contribution in [0.5, 0.6) is 5.88 Å². The lowest BCUT2D eigenvalue weighted by molar-refractivity contribution is -0.127. The molecule has 2 atom stereocenters. The summed E-state index contributed by atoms with van der Waals surface area (Å²) < 4.78 is 25.6. The standard InChI is InChI=1S/C36H36FN7O2/c1-5-29(45)43-17-14-25(15-18-43)44-35-27-19-21(2)30(26-12-7-10-23-9-6-11-24(20-38)31(23)26)32(37)33(27)39-36(34(35)40-41-44)46-22(3)28-13-8-16-42(28)4/h5-7,9-12,19,22,25,28H,1,8,13-18H2,2-4H3/t22-,28?/m0/s1. The first-order valence-electron chi connectivity index (χ1n) is 15.9. The maximum Gasteiger partial charge on any atom is 0.245 e. The van der Waals surface area contributed by atoms with Gasteiger partial charge in [0.15, 0.2) is 11.3 Å². The predicted molar refractivity (Wildman–Crippen MR) is 176 cm³/mol. The van der Waals surface area contributed by atoms with Crippen LogP contribution in [-0.2, 0) is 4.79 Å². The summed E-state index contributed by atoms with van der Waals surface area (Å²) in [6.45, 7) is 9.65. The molecule has 0 saturated carbocycles. The van der Waals surface area contributed by atoms with Crippen molar-refractivity contribution in [3.8, 4) is 23.1 Å². The fourth-order valence-corrected chi connectivity index (χ4v) is 7.45. The van der Waals surface area contributed by atoms with Crippen molar-refractivity contribution >= 4 is 38.6 Å². The van der Waals surface area contributed by atoms with E-state index in [9.17, 15) is 10.1 Å². The fourth-order valence-electron chi connectivity index (χ4n) is 7.45. The molecule has 0 N–H and O–H groups in total. The zero-order valence-electron chi connectivity index (χ0n) is 26.3. The van der Waals surface area contributed by atoms with Crippen molar-refractivity contribution in [2.45, 2.75) is 57.7 Å². The molecule has 2 aromatic heterocycles. The highest BCUT2D eigenvalue weighted by atomic mass is 19.1.